The molecule has 148 valence electrons. The molecule has 7 nitrogen and oxygen atoms in total. The van der Waals surface area contributed by atoms with Gasteiger partial charge in [-0.1, -0.05) is 23.4 Å². The van der Waals surface area contributed by atoms with Crippen LogP contribution in [0.15, 0.2) is 47.4 Å². The average molecular weight is 431 g/mol. The molecule has 2 aromatic rings. The molecule has 0 aliphatic heterocycles. The Kier molecular flexibility index (Phi) is 7.30. The molecule has 2 rings (SSSR count). The van der Waals surface area contributed by atoms with Crippen LogP contribution in [0.2, 0.25) is 5.02 Å². The highest BCUT2D eigenvalue weighted by molar-refractivity contribution is 7.99. The molecule has 1 N–H and O–H groups in total. The number of ether oxygens (including phenoxy) is 1. The van der Waals surface area contributed by atoms with Gasteiger partial charge in [-0.05, 0) is 37.3 Å². The fourth-order valence-electron chi connectivity index (χ4n) is 2.01. The molecule has 1 unspecified atom stereocenters. The molecule has 0 radical (unpaired) electrons. The molecule has 28 heavy (non-hydrogen) atoms. The molecule has 0 spiro atoms. The summed E-state index contributed by atoms with van der Waals surface area (Å²) in [5.41, 5.74) is -0.0314. The van der Waals surface area contributed by atoms with E-state index in [-0.39, 0.29) is 26.9 Å². The van der Waals surface area contributed by atoms with Crippen LogP contribution in [0.3, 0.4) is 0 Å². The highest BCUT2D eigenvalue weighted by Crippen LogP contribution is 2.27. The fourth-order valence-corrected chi connectivity index (χ4v) is 2.73. The zero-order chi connectivity index (χ0) is 20.8. The number of carbonyl (C=O) groups excluding carboxylic acids is 2. The van der Waals surface area contributed by atoms with E-state index in [1.165, 1.54) is 37.3 Å². The number of alkyl halides is 2. The van der Waals surface area contributed by atoms with Crippen LogP contribution in [0.1, 0.15) is 17.3 Å². The first kappa shape index (κ1) is 21.6. The number of non-ortho nitro benzene ring substituents is 1. The van der Waals surface area contributed by atoms with Gasteiger partial charge in [0.2, 0.25) is 0 Å². The van der Waals surface area contributed by atoms with Gasteiger partial charge >= 0.3 is 5.97 Å². The maximum atomic E-state index is 12.3. The van der Waals surface area contributed by atoms with E-state index >= 15 is 0 Å². The topological polar surface area (TPSA) is 98.5 Å². The zero-order valence-corrected chi connectivity index (χ0v) is 15.8. The van der Waals surface area contributed by atoms with Crippen LogP contribution in [0.5, 0.6) is 0 Å². The fraction of sp³-hybridized carbons (Fsp3) is 0.176. The second-order valence-corrected chi connectivity index (χ2v) is 6.83. The molecular formula is C17H13ClF2N2O5S. The van der Waals surface area contributed by atoms with E-state index in [4.69, 9.17) is 16.3 Å². The molecule has 11 heteroatoms. The first-order chi connectivity index (χ1) is 13.2. The molecule has 2 aromatic carbocycles. The van der Waals surface area contributed by atoms with Gasteiger partial charge in [0.25, 0.3) is 17.4 Å². The number of nitro benzene ring substituents is 1. The van der Waals surface area contributed by atoms with Crippen LogP contribution in [0.4, 0.5) is 20.2 Å². The Labute approximate surface area is 167 Å². The lowest BCUT2D eigenvalue weighted by Gasteiger charge is -2.14. The lowest BCUT2D eigenvalue weighted by molar-refractivity contribution is -0.384. The number of thioether (sulfide) groups is 1. The number of nitrogens with zero attached hydrogens (tertiary/aromatic N) is 1. The Morgan fingerprint density at radius 1 is 1.21 bits per heavy atom. The molecule has 0 saturated heterocycles. The van der Waals surface area contributed by atoms with E-state index in [9.17, 15) is 28.5 Å². The van der Waals surface area contributed by atoms with E-state index in [0.717, 1.165) is 12.1 Å². The second kappa shape index (κ2) is 9.47. The third-order valence-corrected chi connectivity index (χ3v) is 4.42. The minimum atomic E-state index is -2.58. The highest BCUT2D eigenvalue weighted by atomic mass is 35.5. The predicted molar refractivity (Wildman–Crippen MR) is 99.9 cm³/mol. The van der Waals surface area contributed by atoms with E-state index in [1.807, 2.05) is 0 Å². The third kappa shape index (κ3) is 5.89. The van der Waals surface area contributed by atoms with Gasteiger partial charge in [0, 0.05) is 17.0 Å². The maximum absolute atomic E-state index is 12.3. The van der Waals surface area contributed by atoms with Crippen molar-refractivity contribution in [3.8, 4) is 0 Å². The predicted octanol–water partition coefficient (Wildman–Crippen LogP) is 4.75. The number of nitrogens with one attached hydrogen (secondary N) is 1. The monoisotopic (exact) mass is 430 g/mol. The summed E-state index contributed by atoms with van der Waals surface area (Å²) in [6, 6.07) is 8.80. The van der Waals surface area contributed by atoms with Crippen molar-refractivity contribution >= 4 is 46.6 Å². The molecule has 0 heterocycles. The van der Waals surface area contributed by atoms with Crippen LogP contribution >= 0.6 is 23.4 Å². The number of halogens is 3. The Bertz CT molecular complexity index is 896. The smallest absolute Gasteiger partial charge is 0.338 e. The number of nitro groups is 1. The summed E-state index contributed by atoms with van der Waals surface area (Å²) in [5, 5.41) is 13.0. The maximum Gasteiger partial charge on any atom is 0.338 e. The van der Waals surface area contributed by atoms with E-state index < -0.39 is 28.7 Å². The molecule has 1 atom stereocenters. The average Bonchev–Trinajstić information content (AvgIpc) is 2.63. The molecule has 0 aromatic heterocycles. The highest BCUT2D eigenvalue weighted by Gasteiger charge is 2.21. The molecule has 0 bridgehead atoms. The SMILES string of the molecule is CC(OC(=O)c1ccc(SC(F)F)cc1)C(=O)Nc1ccc([N+](=O)[O-])cc1Cl. The lowest BCUT2D eigenvalue weighted by atomic mass is 10.2. The Morgan fingerprint density at radius 3 is 2.39 bits per heavy atom. The van der Waals surface area contributed by atoms with Crippen molar-refractivity contribution in [2.24, 2.45) is 0 Å². The number of benzene rings is 2. The number of hydrogen-bond donors (Lipinski definition) is 1. The van der Waals surface area contributed by atoms with Crippen molar-refractivity contribution in [3.63, 3.8) is 0 Å². The minimum absolute atomic E-state index is 0.0480. The molecule has 0 aliphatic carbocycles. The van der Waals surface area contributed by atoms with E-state index in [0.29, 0.717) is 11.8 Å². The summed E-state index contributed by atoms with van der Waals surface area (Å²) in [6.07, 6.45) is -1.20. The van der Waals surface area contributed by atoms with Gasteiger partial charge in [-0.15, -0.1) is 0 Å². The summed E-state index contributed by atoms with van der Waals surface area (Å²) < 4.78 is 29.6. The Morgan fingerprint density at radius 2 is 1.86 bits per heavy atom. The number of rotatable bonds is 7. The van der Waals surface area contributed by atoms with Crippen molar-refractivity contribution in [2.45, 2.75) is 23.7 Å². The standard InChI is InChI=1S/C17H13ClF2N2O5S/c1-9(15(23)21-14-7-4-11(22(25)26)8-13(14)18)27-16(24)10-2-5-12(6-3-10)28-17(19)20/h2-9,17H,1H3,(H,21,23). The summed E-state index contributed by atoms with van der Waals surface area (Å²) in [6.45, 7) is 1.33. The second-order valence-electron chi connectivity index (χ2n) is 5.36. The van der Waals surface area contributed by atoms with Gasteiger partial charge < -0.3 is 10.1 Å². The number of anilines is 1. The van der Waals surface area contributed by atoms with Gasteiger partial charge in [-0.3, -0.25) is 14.9 Å². The van der Waals surface area contributed by atoms with Crippen LogP contribution in [0, 0.1) is 10.1 Å². The molecule has 0 saturated carbocycles. The summed E-state index contributed by atoms with van der Waals surface area (Å²) in [4.78, 5) is 34.6. The Hall–Kier alpha value is -2.72. The largest absolute Gasteiger partial charge is 0.449 e. The van der Waals surface area contributed by atoms with Crippen molar-refractivity contribution in [3.05, 3.63) is 63.2 Å². The number of carbonyl (C=O) groups is 2. The van der Waals surface area contributed by atoms with E-state index in [1.54, 1.807) is 0 Å². The van der Waals surface area contributed by atoms with Crippen molar-refractivity contribution < 1.29 is 28.0 Å². The first-order valence-electron chi connectivity index (χ1n) is 7.68. The molecular weight excluding hydrogens is 418 g/mol. The van der Waals surface area contributed by atoms with Gasteiger partial charge in [0.1, 0.15) is 0 Å². The van der Waals surface area contributed by atoms with Gasteiger partial charge in [0.05, 0.1) is 21.2 Å². The van der Waals surface area contributed by atoms with E-state index in [2.05, 4.69) is 5.32 Å². The van der Waals surface area contributed by atoms with Crippen LogP contribution in [-0.4, -0.2) is 28.7 Å². The number of amides is 1. The zero-order valence-electron chi connectivity index (χ0n) is 14.2. The minimum Gasteiger partial charge on any atom is -0.449 e. The molecule has 0 fully saturated rings. The van der Waals surface area contributed by atoms with Gasteiger partial charge in [-0.25, -0.2) is 4.79 Å². The molecule has 1 amide bonds. The van der Waals surface area contributed by atoms with Crippen LogP contribution in [0.25, 0.3) is 0 Å². The Balaban J connectivity index is 1.98. The van der Waals surface area contributed by atoms with Crippen LogP contribution < -0.4 is 5.32 Å². The van der Waals surface area contributed by atoms with Crippen molar-refractivity contribution in [1.29, 1.82) is 0 Å². The summed E-state index contributed by atoms with van der Waals surface area (Å²) in [5.74, 6) is -4.09. The number of esters is 1. The van der Waals surface area contributed by atoms with Crippen LogP contribution in [-0.2, 0) is 9.53 Å². The summed E-state index contributed by atoms with van der Waals surface area (Å²) >= 11 is 6.23. The third-order valence-electron chi connectivity index (χ3n) is 3.39. The van der Waals surface area contributed by atoms with Gasteiger partial charge in [0.15, 0.2) is 6.10 Å². The number of hydrogen-bond acceptors (Lipinski definition) is 6. The van der Waals surface area contributed by atoms with Gasteiger partial charge in [-0.2, -0.15) is 8.78 Å². The van der Waals surface area contributed by atoms with Crippen molar-refractivity contribution in [2.75, 3.05) is 5.32 Å². The summed E-state index contributed by atoms with van der Waals surface area (Å²) in [7, 11) is 0. The lowest BCUT2D eigenvalue weighted by Crippen LogP contribution is -2.30. The molecule has 0 aliphatic rings. The normalized spacial score (nSPS) is 11.8. The van der Waals surface area contributed by atoms with Crippen molar-refractivity contribution in [1.82, 2.24) is 0 Å². The first-order valence-corrected chi connectivity index (χ1v) is 8.94. The quantitative estimate of drug-likeness (QED) is 0.294.